The lowest BCUT2D eigenvalue weighted by molar-refractivity contribution is 0.506. The van der Waals surface area contributed by atoms with Crippen LogP contribution in [0.4, 0.5) is 20.2 Å². The third kappa shape index (κ3) is 2.09. The molecule has 1 aromatic carbocycles. The normalized spacial score (nSPS) is 21.2. The number of hydrogen-bond donors (Lipinski definition) is 1. The third-order valence-electron chi connectivity index (χ3n) is 2.66. The zero-order valence-corrected chi connectivity index (χ0v) is 9.86. The van der Waals surface area contributed by atoms with Gasteiger partial charge >= 0.3 is 0 Å². The Kier molecular flexibility index (Phi) is 3.23. The predicted octanol–water partition coefficient (Wildman–Crippen LogP) is 2.49. The number of nitrogens with zero attached hydrogens (tertiary/aromatic N) is 1. The fourth-order valence-corrected chi connectivity index (χ4v) is 2.91. The van der Waals surface area contributed by atoms with E-state index in [2.05, 4.69) is 6.92 Å². The summed E-state index contributed by atoms with van der Waals surface area (Å²) in [4.78, 5) is 1.83. The van der Waals surface area contributed by atoms with Crippen LogP contribution < -0.4 is 10.6 Å². The van der Waals surface area contributed by atoms with Crippen LogP contribution in [0, 0.1) is 11.6 Å². The van der Waals surface area contributed by atoms with Gasteiger partial charge in [-0.2, -0.15) is 11.8 Å². The molecule has 1 unspecified atom stereocenters. The van der Waals surface area contributed by atoms with Crippen molar-refractivity contribution in [3.8, 4) is 0 Å². The highest BCUT2D eigenvalue weighted by molar-refractivity contribution is 8.00. The van der Waals surface area contributed by atoms with Crippen LogP contribution in [0.2, 0.25) is 0 Å². The molecule has 0 bridgehead atoms. The second kappa shape index (κ2) is 4.49. The molecule has 1 fully saturated rings. The van der Waals surface area contributed by atoms with Gasteiger partial charge in [0.15, 0.2) is 11.6 Å². The Bertz CT molecular complexity index is 398. The lowest BCUT2D eigenvalue weighted by Gasteiger charge is -2.33. The molecule has 5 heteroatoms. The number of thioether (sulfide) groups is 1. The number of benzene rings is 1. The van der Waals surface area contributed by atoms with E-state index in [0.29, 0.717) is 24.0 Å². The molecule has 1 aliphatic rings. The molecule has 0 amide bonds. The number of anilines is 2. The first-order chi connectivity index (χ1) is 7.59. The first-order valence-electron chi connectivity index (χ1n) is 5.19. The Hall–Kier alpha value is -0.970. The smallest absolute Gasteiger partial charge is 0.184 e. The molecule has 1 saturated heterocycles. The summed E-state index contributed by atoms with van der Waals surface area (Å²) in [7, 11) is 0. The van der Waals surface area contributed by atoms with Crippen molar-refractivity contribution in [2.24, 2.45) is 0 Å². The quantitative estimate of drug-likeness (QED) is 0.770. The summed E-state index contributed by atoms with van der Waals surface area (Å²) in [6.07, 6.45) is 0. The second-order valence-electron chi connectivity index (χ2n) is 3.93. The van der Waals surface area contributed by atoms with Gasteiger partial charge < -0.3 is 10.6 Å². The number of rotatable bonds is 1. The van der Waals surface area contributed by atoms with Crippen LogP contribution in [0.15, 0.2) is 12.1 Å². The van der Waals surface area contributed by atoms with Gasteiger partial charge in [-0.1, -0.05) is 6.92 Å². The average Bonchev–Trinajstić information content (AvgIpc) is 2.24. The number of halogens is 2. The van der Waals surface area contributed by atoms with Crippen LogP contribution in [-0.4, -0.2) is 24.1 Å². The fraction of sp³-hybridized carbons (Fsp3) is 0.455. The molecule has 88 valence electrons. The lowest BCUT2D eigenvalue weighted by Crippen LogP contribution is -2.37. The molecule has 1 aromatic rings. The topological polar surface area (TPSA) is 29.3 Å². The van der Waals surface area contributed by atoms with Crippen molar-refractivity contribution in [3.63, 3.8) is 0 Å². The van der Waals surface area contributed by atoms with Crippen molar-refractivity contribution in [1.29, 1.82) is 0 Å². The molecular weight excluding hydrogens is 230 g/mol. The van der Waals surface area contributed by atoms with E-state index < -0.39 is 11.6 Å². The van der Waals surface area contributed by atoms with E-state index in [1.54, 1.807) is 0 Å². The van der Waals surface area contributed by atoms with Gasteiger partial charge in [-0.25, -0.2) is 8.78 Å². The van der Waals surface area contributed by atoms with Crippen molar-refractivity contribution in [2.45, 2.75) is 12.2 Å². The Balaban J connectivity index is 2.35. The first-order valence-corrected chi connectivity index (χ1v) is 6.24. The van der Waals surface area contributed by atoms with E-state index in [1.807, 2.05) is 16.7 Å². The first kappa shape index (κ1) is 11.5. The Morgan fingerprint density at radius 1 is 1.44 bits per heavy atom. The lowest BCUT2D eigenvalue weighted by atomic mass is 10.2. The van der Waals surface area contributed by atoms with Gasteiger partial charge in [0.1, 0.15) is 0 Å². The number of nitrogens with two attached hydrogens (primary N) is 1. The summed E-state index contributed by atoms with van der Waals surface area (Å²) in [5.74, 6) is -0.759. The Labute approximate surface area is 97.8 Å². The minimum absolute atomic E-state index is 0.215. The molecule has 2 nitrogen and oxygen atoms in total. The summed E-state index contributed by atoms with van der Waals surface area (Å²) in [5.41, 5.74) is 6.23. The van der Waals surface area contributed by atoms with Crippen molar-refractivity contribution in [1.82, 2.24) is 0 Å². The van der Waals surface area contributed by atoms with E-state index >= 15 is 0 Å². The monoisotopic (exact) mass is 244 g/mol. The summed E-state index contributed by atoms with van der Waals surface area (Å²) in [5, 5.41) is 0.413. The molecule has 16 heavy (non-hydrogen) atoms. The van der Waals surface area contributed by atoms with Gasteiger partial charge in [-0.15, -0.1) is 0 Å². The van der Waals surface area contributed by atoms with Crippen LogP contribution in [0.3, 0.4) is 0 Å². The highest BCUT2D eigenvalue weighted by Gasteiger charge is 2.23. The zero-order chi connectivity index (χ0) is 11.7. The maximum Gasteiger partial charge on any atom is 0.184 e. The SMILES string of the molecule is CC1CN(c2c(N)ccc(F)c2F)CCS1. The van der Waals surface area contributed by atoms with Gasteiger partial charge in [0.05, 0.1) is 11.4 Å². The van der Waals surface area contributed by atoms with Gasteiger partial charge in [-0.3, -0.25) is 0 Å². The van der Waals surface area contributed by atoms with E-state index in [9.17, 15) is 8.78 Å². The summed E-state index contributed by atoms with van der Waals surface area (Å²) in [6, 6.07) is 2.48. The highest BCUT2D eigenvalue weighted by Crippen LogP contribution is 2.32. The van der Waals surface area contributed by atoms with Gasteiger partial charge in [0, 0.05) is 24.1 Å². The molecule has 1 heterocycles. The largest absolute Gasteiger partial charge is 0.397 e. The van der Waals surface area contributed by atoms with Crippen LogP contribution in [-0.2, 0) is 0 Å². The Morgan fingerprint density at radius 2 is 2.19 bits per heavy atom. The molecular formula is C11H14F2N2S. The number of nitrogen functional groups attached to an aromatic ring is 1. The van der Waals surface area contributed by atoms with E-state index in [0.717, 1.165) is 11.8 Å². The Morgan fingerprint density at radius 3 is 2.88 bits per heavy atom. The molecule has 2 rings (SSSR count). The van der Waals surface area contributed by atoms with E-state index in [4.69, 9.17) is 5.73 Å². The summed E-state index contributed by atoms with van der Waals surface area (Å²) in [6.45, 7) is 3.49. The molecule has 1 atom stereocenters. The van der Waals surface area contributed by atoms with Gasteiger partial charge in [-0.05, 0) is 12.1 Å². The van der Waals surface area contributed by atoms with E-state index in [-0.39, 0.29) is 5.69 Å². The number of hydrogen-bond acceptors (Lipinski definition) is 3. The van der Waals surface area contributed by atoms with Crippen LogP contribution >= 0.6 is 11.8 Å². The molecule has 0 saturated carbocycles. The van der Waals surface area contributed by atoms with Crippen molar-refractivity contribution >= 4 is 23.1 Å². The molecule has 1 aliphatic heterocycles. The van der Waals surface area contributed by atoms with Gasteiger partial charge in [0.25, 0.3) is 0 Å². The highest BCUT2D eigenvalue weighted by atomic mass is 32.2. The minimum atomic E-state index is -0.838. The zero-order valence-electron chi connectivity index (χ0n) is 9.04. The standard InChI is InChI=1S/C11H14F2N2S/c1-7-6-15(4-5-16-7)11-9(14)3-2-8(12)10(11)13/h2-3,7H,4-6,14H2,1H3. The van der Waals surface area contributed by atoms with Crippen molar-refractivity contribution in [2.75, 3.05) is 29.5 Å². The molecule has 2 N–H and O–H groups in total. The molecule has 0 radical (unpaired) electrons. The second-order valence-corrected chi connectivity index (χ2v) is 5.47. The van der Waals surface area contributed by atoms with Crippen LogP contribution in [0.25, 0.3) is 0 Å². The van der Waals surface area contributed by atoms with Crippen molar-refractivity contribution < 1.29 is 8.78 Å². The van der Waals surface area contributed by atoms with E-state index in [1.165, 1.54) is 6.07 Å². The third-order valence-corrected chi connectivity index (χ3v) is 3.79. The van der Waals surface area contributed by atoms with Crippen LogP contribution in [0.5, 0.6) is 0 Å². The van der Waals surface area contributed by atoms with Crippen molar-refractivity contribution in [3.05, 3.63) is 23.8 Å². The maximum atomic E-state index is 13.7. The molecule has 0 aliphatic carbocycles. The predicted molar refractivity (Wildman–Crippen MR) is 64.9 cm³/mol. The molecule has 0 spiro atoms. The average molecular weight is 244 g/mol. The summed E-state index contributed by atoms with van der Waals surface area (Å²) >= 11 is 1.83. The summed E-state index contributed by atoms with van der Waals surface area (Å²) < 4.78 is 26.8. The minimum Gasteiger partial charge on any atom is -0.397 e. The van der Waals surface area contributed by atoms with Gasteiger partial charge in [0.2, 0.25) is 0 Å². The van der Waals surface area contributed by atoms with Crippen LogP contribution in [0.1, 0.15) is 6.92 Å². The molecule has 0 aromatic heterocycles. The maximum absolute atomic E-state index is 13.7. The fourth-order valence-electron chi connectivity index (χ4n) is 1.90.